The Labute approximate surface area is 358 Å². The van der Waals surface area contributed by atoms with Crippen molar-refractivity contribution < 1.29 is 53.6 Å². The summed E-state index contributed by atoms with van der Waals surface area (Å²) in [4.78, 5) is 75.4. The molecule has 2 aromatic rings. The molecule has 0 radical (unpaired) electrons. The quantitative estimate of drug-likeness (QED) is 0.146. The van der Waals surface area contributed by atoms with Gasteiger partial charge in [0.1, 0.15) is 12.6 Å². The first-order valence-electron chi connectivity index (χ1n) is 19.6. The predicted molar refractivity (Wildman–Crippen MR) is 220 cm³/mol. The minimum Gasteiger partial charge on any atom is -0.481 e. The molecule has 59 heavy (non-hydrogen) atoms. The fourth-order valence-corrected chi connectivity index (χ4v) is 12.1. The predicted octanol–water partition coefficient (Wildman–Crippen LogP) is 4.39. The SMILES string of the molecule is C[C@]12C=CC(=O)C=C1CC[C@@H]1[C@@H]2[C@@H](O)C[C@@]2(C)[C@H]1C[C@H]1O[C@@H](c3cc(Cc4cccc(NC(=O)[C@H](CCC(=O)O)NC(=O)CNC(=O)CBr)c4)c(Cl)s3)O[C@]12C(=O)CO. The number of allylic oxidation sites excluding steroid dienone is 4. The Hall–Kier alpha value is -3.77. The normalized spacial score (nSPS) is 32.2. The lowest BCUT2D eigenvalue weighted by Gasteiger charge is -2.59. The molecule has 1 saturated heterocycles. The van der Waals surface area contributed by atoms with Crippen LogP contribution in [0, 0.1) is 28.6 Å². The maximum atomic E-state index is 14.0. The number of rotatable bonds is 14. The third-order valence-corrected chi connectivity index (χ3v) is 15.2. The average Bonchev–Trinajstić information content (AvgIpc) is 3.84. The summed E-state index contributed by atoms with van der Waals surface area (Å²) < 4.78 is 13.8. The number of hydrogen-bond acceptors (Lipinski definition) is 11. The zero-order valence-corrected chi connectivity index (χ0v) is 35.7. The van der Waals surface area contributed by atoms with E-state index < -0.39 is 77.1 Å². The Bertz CT molecular complexity index is 2130. The molecule has 4 fully saturated rings. The summed E-state index contributed by atoms with van der Waals surface area (Å²) in [5.74, 6) is -3.57. The monoisotopic (exact) mass is 915 g/mol. The number of aliphatic carboxylic acids is 1. The van der Waals surface area contributed by atoms with Crippen molar-refractivity contribution in [3.63, 3.8) is 0 Å². The van der Waals surface area contributed by atoms with Crippen LogP contribution in [0.15, 0.2) is 54.1 Å². The maximum Gasteiger partial charge on any atom is 0.303 e. The van der Waals surface area contributed by atoms with Gasteiger partial charge in [-0.25, -0.2) is 0 Å². The Morgan fingerprint density at radius 1 is 1.14 bits per heavy atom. The molecule has 0 spiro atoms. The average molecular weight is 917 g/mol. The van der Waals surface area contributed by atoms with Gasteiger partial charge in [-0.05, 0) is 91.8 Å². The molecule has 1 aliphatic heterocycles. The molecule has 1 aromatic heterocycles. The van der Waals surface area contributed by atoms with Gasteiger partial charge < -0.3 is 40.7 Å². The molecule has 3 amide bonds. The van der Waals surface area contributed by atoms with E-state index in [1.165, 1.54) is 11.3 Å². The van der Waals surface area contributed by atoms with Crippen LogP contribution in [-0.4, -0.2) is 92.9 Å². The van der Waals surface area contributed by atoms with Crippen LogP contribution >= 0.6 is 38.9 Å². The molecule has 4 aliphatic carbocycles. The number of amides is 3. The van der Waals surface area contributed by atoms with Gasteiger partial charge in [0.25, 0.3) is 0 Å². The number of anilines is 1. The van der Waals surface area contributed by atoms with E-state index in [1.807, 2.05) is 25.1 Å². The Morgan fingerprint density at radius 2 is 1.92 bits per heavy atom. The number of alkyl halides is 1. The van der Waals surface area contributed by atoms with Crippen molar-refractivity contribution in [1.29, 1.82) is 0 Å². The zero-order chi connectivity index (χ0) is 42.4. The summed E-state index contributed by atoms with van der Waals surface area (Å²) >= 11 is 11.0. The summed E-state index contributed by atoms with van der Waals surface area (Å²) in [6.07, 6.45) is 4.80. The summed E-state index contributed by atoms with van der Waals surface area (Å²) in [6, 6.07) is 7.62. The van der Waals surface area contributed by atoms with Gasteiger partial charge in [-0.2, -0.15) is 0 Å². The highest BCUT2D eigenvalue weighted by atomic mass is 79.9. The molecule has 6 N–H and O–H groups in total. The van der Waals surface area contributed by atoms with E-state index in [2.05, 4.69) is 38.8 Å². The first-order chi connectivity index (χ1) is 28.0. The van der Waals surface area contributed by atoms with Crippen LogP contribution in [0.2, 0.25) is 4.34 Å². The number of ketones is 2. The maximum absolute atomic E-state index is 14.0. The summed E-state index contributed by atoms with van der Waals surface area (Å²) in [6.45, 7) is 2.93. The van der Waals surface area contributed by atoms with Crippen molar-refractivity contribution in [2.24, 2.45) is 28.6 Å². The molecule has 10 atom stereocenters. The largest absolute Gasteiger partial charge is 0.481 e. The number of carbonyl (C=O) groups excluding carboxylic acids is 5. The van der Waals surface area contributed by atoms with Crippen LogP contribution in [0.25, 0.3) is 0 Å². The number of carboxylic acid groups (broad SMARTS) is 1. The van der Waals surface area contributed by atoms with Crippen LogP contribution in [0.4, 0.5) is 5.69 Å². The van der Waals surface area contributed by atoms with Crippen molar-refractivity contribution in [3.05, 3.63) is 74.5 Å². The number of thiophene rings is 1. The number of carboxylic acids is 1. The van der Waals surface area contributed by atoms with Gasteiger partial charge in [0.15, 0.2) is 23.5 Å². The molecule has 5 aliphatic rings. The van der Waals surface area contributed by atoms with Gasteiger partial charge in [0.2, 0.25) is 17.7 Å². The first kappa shape index (κ1) is 43.3. The number of fused-ring (bicyclic) bond motifs is 7. The second-order valence-corrected chi connectivity index (χ2v) is 18.9. The van der Waals surface area contributed by atoms with E-state index >= 15 is 0 Å². The summed E-state index contributed by atoms with van der Waals surface area (Å²) in [7, 11) is 0. The van der Waals surface area contributed by atoms with Gasteiger partial charge in [-0.15, -0.1) is 11.3 Å². The topological polar surface area (TPSA) is 218 Å². The van der Waals surface area contributed by atoms with Crippen LogP contribution in [0.1, 0.15) is 74.7 Å². The van der Waals surface area contributed by atoms with Gasteiger partial charge in [-0.1, -0.05) is 65.2 Å². The minimum atomic E-state index is -1.51. The molecule has 1 aromatic carbocycles. The summed E-state index contributed by atoms with van der Waals surface area (Å²) in [5, 5.41) is 39.1. The minimum absolute atomic E-state index is 0.0114. The van der Waals surface area contributed by atoms with Crippen LogP contribution in [0.5, 0.6) is 0 Å². The molecule has 7 rings (SSSR count). The molecule has 14 nitrogen and oxygen atoms in total. The van der Waals surface area contributed by atoms with E-state index in [1.54, 1.807) is 30.4 Å². The van der Waals surface area contributed by atoms with Crippen molar-refractivity contribution in [2.45, 2.75) is 88.9 Å². The lowest BCUT2D eigenvalue weighted by atomic mass is 9.46. The second-order valence-electron chi connectivity index (χ2n) is 16.6. The molecule has 17 heteroatoms. The highest BCUT2D eigenvalue weighted by Gasteiger charge is 2.76. The number of Topliss-reactive ketones (excluding diaryl/α,β-unsaturated/α-hetero) is 1. The van der Waals surface area contributed by atoms with Gasteiger partial charge >= 0.3 is 5.97 Å². The highest BCUT2D eigenvalue weighted by molar-refractivity contribution is 9.09. The molecule has 0 unspecified atom stereocenters. The van der Waals surface area contributed by atoms with Crippen molar-refractivity contribution in [1.82, 2.24) is 10.6 Å². The standard InChI is InChI=1S/C42H47BrClN3O11S/c1-40-11-10-25(49)15-23(40)6-7-26-27-16-32-42(31(51)20-48,41(27,2)17-29(50)36(26)40)58-39(57-32)30-14-22(37(44)59-30)12-21-4-3-5-24(13-21)46-38(56)28(8-9-35(54)55)47-34(53)19-45-33(52)18-43/h3-5,10-11,13-15,26-29,32,36,39,48,50H,6-9,12,16-20H2,1-2H3,(H,45,52)(H,46,56)(H,47,53)(H,54,55)/t26-,27-,28-,29-,32+,36+,39+,40-,41-,42+/m0/s1. The van der Waals surface area contributed by atoms with Gasteiger partial charge in [0.05, 0.1) is 33.3 Å². The number of hydrogen-bond donors (Lipinski definition) is 6. The molecule has 3 saturated carbocycles. The molecule has 0 bridgehead atoms. The van der Waals surface area contributed by atoms with Gasteiger partial charge in [-0.3, -0.25) is 28.8 Å². The lowest BCUT2D eigenvalue weighted by Crippen LogP contribution is -2.63. The van der Waals surface area contributed by atoms with Gasteiger partial charge in [0, 0.05) is 28.9 Å². The highest BCUT2D eigenvalue weighted by Crippen LogP contribution is 2.70. The van der Waals surface area contributed by atoms with Crippen molar-refractivity contribution in [2.75, 3.05) is 23.8 Å². The lowest BCUT2D eigenvalue weighted by molar-refractivity contribution is -0.200. The number of nitrogens with one attached hydrogen (secondary N) is 3. The summed E-state index contributed by atoms with van der Waals surface area (Å²) in [5.41, 5.74) is 0.0768. The van der Waals surface area contributed by atoms with Crippen LogP contribution in [-0.2, 0) is 44.7 Å². The van der Waals surface area contributed by atoms with Crippen molar-refractivity contribution >= 4 is 79.8 Å². The molecule has 316 valence electrons. The fourth-order valence-electron chi connectivity index (χ4n) is 10.7. The van der Waals surface area contributed by atoms with E-state index in [0.717, 1.165) is 23.1 Å². The van der Waals surface area contributed by atoms with E-state index in [-0.39, 0.29) is 54.7 Å². The van der Waals surface area contributed by atoms with E-state index in [0.29, 0.717) is 34.2 Å². The molecular weight excluding hydrogens is 870 g/mol. The third kappa shape index (κ3) is 7.97. The van der Waals surface area contributed by atoms with Crippen LogP contribution < -0.4 is 16.0 Å². The van der Waals surface area contributed by atoms with Crippen LogP contribution in [0.3, 0.4) is 0 Å². The Morgan fingerprint density at radius 3 is 2.64 bits per heavy atom. The number of benzene rings is 1. The first-order valence-corrected chi connectivity index (χ1v) is 22.0. The molecular formula is C42H47BrClN3O11S. The smallest absolute Gasteiger partial charge is 0.303 e. The second kappa shape index (κ2) is 16.9. The number of aliphatic hydroxyl groups excluding tert-OH is 2. The van der Waals surface area contributed by atoms with E-state index in [9.17, 15) is 44.1 Å². The number of ether oxygens (including phenoxy) is 2. The molecule has 2 heterocycles. The number of carbonyl (C=O) groups is 6. The Balaban J connectivity index is 1.06. The third-order valence-electron chi connectivity index (χ3n) is 13.3. The number of aliphatic hydroxyl groups is 2. The fraction of sp³-hybridized carbons (Fsp3) is 0.524. The zero-order valence-electron chi connectivity index (χ0n) is 32.5. The van der Waals surface area contributed by atoms with E-state index in [4.69, 9.17) is 21.1 Å². The van der Waals surface area contributed by atoms with Crippen molar-refractivity contribution in [3.8, 4) is 0 Å². The Kier molecular flexibility index (Phi) is 12.4. The number of halogens is 2.